The monoisotopic (exact) mass is 283 g/mol. The smallest absolute Gasteiger partial charge is 0.154 e. The number of rotatable bonds is 6. The minimum absolute atomic E-state index is 0.210. The van der Waals surface area contributed by atoms with Gasteiger partial charge in [-0.1, -0.05) is 37.6 Å². The number of hydrogen-bond donors (Lipinski definition) is 1. The molecule has 1 rings (SSSR count). The Bertz CT molecular complexity index is 503. The molecule has 1 aromatic carbocycles. The Balaban J connectivity index is 3.10. The first-order valence-corrected chi connectivity index (χ1v) is 8.59. The molecule has 0 aromatic heterocycles. The van der Waals surface area contributed by atoms with Crippen LogP contribution in [0.4, 0.5) is 0 Å². The van der Waals surface area contributed by atoms with Crippen LogP contribution in [-0.4, -0.2) is 26.5 Å². The first-order chi connectivity index (χ1) is 8.74. The second-order valence-corrected chi connectivity index (χ2v) is 8.19. The Hall–Kier alpha value is -0.870. The van der Waals surface area contributed by atoms with Gasteiger partial charge in [0.15, 0.2) is 9.84 Å². The van der Waals surface area contributed by atoms with Crippen LogP contribution in [0, 0.1) is 0 Å². The van der Waals surface area contributed by atoms with Crippen molar-refractivity contribution in [3.8, 4) is 0 Å². The number of benzene rings is 1. The van der Waals surface area contributed by atoms with E-state index in [4.69, 9.17) is 0 Å². The maximum absolute atomic E-state index is 12.0. The normalized spacial score (nSPS) is 14.4. The molecule has 0 saturated carbocycles. The topological polar surface area (TPSA) is 46.2 Å². The van der Waals surface area contributed by atoms with Gasteiger partial charge in [0, 0.05) is 6.26 Å². The number of nitrogens with one attached hydrogen (secondary N) is 1. The average molecular weight is 283 g/mol. The summed E-state index contributed by atoms with van der Waals surface area (Å²) in [5.74, 6) is 0. The minimum Gasteiger partial charge on any atom is -0.312 e. The van der Waals surface area contributed by atoms with E-state index in [0.717, 1.165) is 18.4 Å². The van der Waals surface area contributed by atoms with Crippen LogP contribution >= 0.6 is 0 Å². The lowest BCUT2D eigenvalue weighted by atomic mass is 9.94. The van der Waals surface area contributed by atoms with Gasteiger partial charge in [-0.2, -0.15) is 0 Å². The Morgan fingerprint density at radius 1 is 1.21 bits per heavy atom. The molecule has 0 fully saturated rings. The predicted molar refractivity (Wildman–Crippen MR) is 81.2 cm³/mol. The molecule has 0 amide bonds. The molecule has 4 heteroatoms. The molecular formula is C15H25NO2S. The Kier molecular flexibility index (Phi) is 5.16. The van der Waals surface area contributed by atoms with E-state index in [1.54, 1.807) is 20.9 Å². The van der Waals surface area contributed by atoms with Gasteiger partial charge in [0.1, 0.15) is 0 Å². The van der Waals surface area contributed by atoms with E-state index in [1.165, 1.54) is 11.8 Å². The number of sulfone groups is 1. The third-order valence-corrected chi connectivity index (χ3v) is 5.94. The van der Waals surface area contributed by atoms with Gasteiger partial charge in [-0.05, 0) is 38.4 Å². The van der Waals surface area contributed by atoms with Crippen LogP contribution in [0.5, 0.6) is 0 Å². The maximum atomic E-state index is 12.0. The fraction of sp³-hybridized carbons (Fsp3) is 0.600. The zero-order valence-corrected chi connectivity index (χ0v) is 13.3. The molecule has 1 N–H and O–H groups in total. The van der Waals surface area contributed by atoms with Crippen molar-refractivity contribution in [3.05, 3.63) is 35.4 Å². The van der Waals surface area contributed by atoms with Gasteiger partial charge in [-0.15, -0.1) is 0 Å². The molecule has 0 aliphatic heterocycles. The van der Waals surface area contributed by atoms with Crippen molar-refractivity contribution in [2.75, 3.05) is 13.3 Å². The summed E-state index contributed by atoms with van der Waals surface area (Å²) in [5.41, 5.74) is 2.30. The summed E-state index contributed by atoms with van der Waals surface area (Å²) < 4.78 is 23.1. The molecule has 1 aromatic rings. The van der Waals surface area contributed by atoms with Gasteiger partial charge in [-0.3, -0.25) is 0 Å². The van der Waals surface area contributed by atoms with Crippen LogP contribution in [-0.2, 0) is 16.3 Å². The summed E-state index contributed by atoms with van der Waals surface area (Å²) in [6.07, 6.45) is 3.46. The Morgan fingerprint density at radius 3 is 2.11 bits per heavy atom. The zero-order valence-electron chi connectivity index (χ0n) is 12.5. The molecule has 0 aliphatic carbocycles. The fourth-order valence-electron chi connectivity index (χ4n) is 2.30. The van der Waals surface area contributed by atoms with Crippen LogP contribution < -0.4 is 5.32 Å². The van der Waals surface area contributed by atoms with Crippen molar-refractivity contribution >= 4 is 9.84 Å². The van der Waals surface area contributed by atoms with Gasteiger partial charge in [0.25, 0.3) is 0 Å². The average Bonchev–Trinajstić information content (AvgIpc) is 2.31. The number of hydrogen-bond acceptors (Lipinski definition) is 3. The van der Waals surface area contributed by atoms with Gasteiger partial charge >= 0.3 is 0 Å². The van der Waals surface area contributed by atoms with Crippen LogP contribution in [0.25, 0.3) is 0 Å². The lowest BCUT2D eigenvalue weighted by Crippen LogP contribution is -2.43. The molecule has 0 heterocycles. The highest BCUT2D eigenvalue weighted by Gasteiger charge is 2.39. The predicted octanol–water partition coefficient (Wildman–Crippen LogP) is 2.72. The van der Waals surface area contributed by atoms with Crippen molar-refractivity contribution in [1.82, 2.24) is 5.32 Å². The number of aryl methyl sites for hydroxylation is 1. The molecule has 0 saturated heterocycles. The van der Waals surface area contributed by atoms with Crippen molar-refractivity contribution in [2.45, 2.75) is 44.4 Å². The van der Waals surface area contributed by atoms with E-state index in [1.807, 2.05) is 12.1 Å². The Labute approximate surface area is 117 Å². The lowest BCUT2D eigenvalue weighted by molar-refractivity contribution is 0.446. The van der Waals surface area contributed by atoms with Crippen molar-refractivity contribution in [3.63, 3.8) is 0 Å². The molecule has 1 atom stereocenters. The first-order valence-electron chi connectivity index (χ1n) is 6.69. The van der Waals surface area contributed by atoms with Crippen molar-refractivity contribution < 1.29 is 8.42 Å². The summed E-state index contributed by atoms with van der Waals surface area (Å²) in [6, 6.07) is 8.01. The molecular weight excluding hydrogens is 258 g/mol. The summed E-state index contributed by atoms with van der Waals surface area (Å²) in [7, 11) is -1.34. The zero-order chi connectivity index (χ0) is 14.7. The van der Waals surface area contributed by atoms with Crippen LogP contribution in [0.2, 0.25) is 0 Å². The Morgan fingerprint density at radius 2 is 1.74 bits per heavy atom. The fourth-order valence-corrected chi connectivity index (χ4v) is 2.98. The highest BCUT2D eigenvalue weighted by Crippen LogP contribution is 2.32. The second kappa shape index (κ2) is 6.06. The van der Waals surface area contributed by atoms with Crippen molar-refractivity contribution in [1.29, 1.82) is 0 Å². The molecule has 1 unspecified atom stereocenters. The van der Waals surface area contributed by atoms with Crippen LogP contribution in [0.3, 0.4) is 0 Å². The van der Waals surface area contributed by atoms with Gasteiger partial charge in [-0.25, -0.2) is 8.42 Å². The quantitative estimate of drug-likeness (QED) is 0.873. The van der Waals surface area contributed by atoms with Gasteiger partial charge in [0.05, 0.1) is 10.8 Å². The molecule has 19 heavy (non-hydrogen) atoms. The first kappa shape index (κ1) is 16.2. The van der Waals surface area contributed by atoms with E-state index >= 15 is 0 Å². The molecule has 3 nitrogen and oxygen atoms in total. The second-order valence-electron chi connectivity index (χ2n) is 5.59. The van der Waals surface area contributed by atoms with Gasteiger partial charge in [0.2, 0.25) is 0 Å². The minimum atomic E-state index is -3.14. The summed E-state index contributed by atoms with van der Waals surface area (Å²) in [5, 5.41) is 3.14. The van der Waals surface area contributed by atoms with Crippen LogP contribution in [0.15, 0.2) is 24.3 Å². The largest absolute Gasteiger partial charge is 0.312 e. The molecule has 0 radical (unpaired) electrons. The lowest BCUT2D eigenvalue weighted by Gasteiger charge is -2.33. The van der Waals surface area contributed by atoms with E-state index in [2.05, 4.69) is 24.4 Å². The summed E-state index contributed by atoms with van der Waals surface area (Å²) in [6.45, 7) is 5.68. The molecule has 0 spiro atoms. The third kappa shape index (κ3) is 3.57. The molecule has 0 bridgehead atoms. The highest BCUT2D eigenvalue weighted by molar-refractivity contribution is 7.92. The standard InChI is InChI=1S/C15H25NO2S/c1-6-7-12-8-10-13(11-9-12)14(16-4)15(2,3)19(5,17)18/h8-11,14,16H,6-7H2,1-5H3. The highest BCUT2D eigenvalue weighted by atomic mass is 32.2. The van der Waals surface area contributed by atoms with E-state index in [9.17, 15) is 8.42 Å². The SMILES string of the molecule is CCCc1ccc(C(NC)C(C)(C)S(C)(=O)=O)cc1. The third-order valence-electron chi connectivity index (χ3n) is 3.79. The van der Waals surface area contributed by atoms with Crippen LogP contribution in [0.1, 0.15) is 44.4 Å². The van der Waals surface area contributed by atoms with E-state index in [0.29, 0.717) is 0 Å². The van der Waals surface area contributed by atoms with E-state index < -0.39 is 14.6 Å². The summed E-state index contributed by atoms with van der Waals surface area (Å²) >= 11 is 0. The molecule has 0 aliphatic rings. The van der Waals surface area contributed by atoms with Gasteiger partial charge < -0.3 is 5.32 Å². The van der Waals surface area contributed by atoms with Crippen molar-refractivity contribution in [2.24, 2.45) is 0 Å². The molecule has 108 valence electrons. The maximum Gasteiger partial charge on any atom is 0.154 e. The summed E-state index contributed by atoms with van der Waals surface area (Å²) in [4.78, 5) is 0. The van der Waals surface area contributed by atoms with E-state index in [-0.39, 0.29) is 6.04 Å².